The lowest BCUT2D eigenvalue weighted by molar-refractivity contribution is 0.0981. The van der Waals surface area contributed by atoms with Crippen molar-refractivity contribution in [3.8, 4) is 0 Å². The molecule has 0 N–H and O–H groups in total. The Morgan fingerprint density at radius 1 is 1.00 bits per heavy atom. The lowest BCUT2D eigenvalue weighted by Gasteiger charge is -2.05. The number of aliphatic imine (C=N–C) groups is 1. The van der Waals surface area contributed by atoms with Gasteiger partial charge in [0.25, 0.3) is 0 Å². The van der Waals surface area contributed by atoms with Crippen LogP contribution >= 0.6 is 11.3 Å². The van der Waals surface area contributed by atoms with E-state index in [2.05, 4.69) is 30.1 Å². The number of carbonyl (C=O) groups is 1. The highest BCUT2D eigenvalue weighted by atomic mass is 32.1. The van der Waals surface area contributed by atoms with E-state index < -0.39 is 0 Å². The summed E-state index contributed by atoms with van der Waals surface area (Å²) in [4.78, 5) is 19.5. The van der Waals surface area contributed by atoms with Crippen molar-refractivity contribution < 1.29 is 4.79 Å². The molecule has 0 atom stereocenters. The van der Waals surface area contributed by atoms with Crippen molar-refractivity contribution in [2.24, 2.45) is 4.99 Å². The topological polar surface area (TPSA) is 29.4 Å². The third-order valence-electron chi connectivity index (χ3n) is 4.01. The Labute approximate surface area is 152 Å². The van der Waals surface area contributed by atoms with Crippen LogP contribution in [0.15, 0.2) is 71.7 Å². The average molecular weight is 347 g/mol. The highest BCUT2D eigenvalue weighted by molar-refractivity contribution is 7.13. The van der Waals surface area contributed by atoms with Crippen molar-refractivity contribution in [3.63, 3.8) is 0 Å². The van der Waals surface area contributed by atoms with Gasteiger partial charge in [0.1, 0.15) is 0 Å². The fourth-order valence-electron chi connectivity index (χ4n) is 2.71. The molecule has 0 aliphatic carbocycles. The second-order valence-corrected chi connectivity index (χ2v) is 7.31. The molecular weight excluding hydrogens is 326 g/mol. The second kappa shape index (κ2) is 8.54. The molecule has 0 amide bonds. The quantitative estimate of drug-likeness (QED) is 0.380. The Morgan fingerprint density at radius 2 is 1.76 bits per heavy atom. The van der Waals surface area contributed by atoms with Gasteiger partial charge in [-0.25, -0.2) is 0 Å². The zero-order chi connectivity index (χ0) is 17.5. The van der Waals surface area contributed by atoms with Gasteiger partial charge in [-0.2, -0.15) is 0 Å². The number of benzene rings is 2. The minimum Gasteiger partial charge on any atom is -0.294 e. The average Bonchev–Trinajstić information content (AvgIpc) is 3.06. The zero-order valence-corrected chi connectivity index (χ0v) is 15.1. The van der Waals surface area contributed by atoms with E-state index >= 15 is 0 Å². The number of Topliss-reactive ketones (excluding diaryl/α,β-unsaturated/α-hetero) is 1. The first-order valence-electron chi connectivity index (χ1n) is 8.49. The van der Waals surface area contributed by atoms with Crippen LogP contribution in [0.5, 0.6) is 0 Å². The number of rotatable bonds is 7. The highest BCUT2D eigenvalue weighted by Gasteiger charge is 2.10. The number of ketones is 1. The molecule has 0 unspecified atom stereocenters. The van der Waals surface area contributed by atoms with E-state index in [4.69, 9.17) is 0 Å². The number of hydrogen-bond acceptors (Lipinski definition) is 3. The standard InChI is InChI=1S/C22H21NOS/c1-17-14-15-19(25-17)16-23-21-12-6-5-11-20(21)22(24)13-7-10-18-8-3-2-4-9-18/h2-6,8-9,11-12,14-16H,7,10,13H2,1H3/b23-16+. The lowest BCUT2D eigenvalue weighted by atomic mass is 10.0. The van der Waals surface area contributed by atoms with Crippen molar-refractivity contribution >= 4 is 29.0 Å². The van der Waals surface area contributed by atoms with Crippen LogP contribution in [0.25, 0.3) is 0 Å². The van der Waals surface area contributed by atoms with E-state index in [0.29, 0.717) is 12.0 Å². The third-order valence-corrected chi connectivity index (χ3v) is 4.94. The fourth-order valence-corrected chi connectivity index (χ4v) is 3.46. The minimum absolute atomic E-state index is 0.158. The Balaban J connectivity index is 1.65. The van der Waals surface area contributed by atoms with Gasteiger partial charge in [-0.15, -0.1) is 11.3 Å². The maximum Gasteiger partial charge on any atom is 0.165 e. The maximum atomic E-state index is 12.6. The Morgan fingerprint density at radius 3 is 2.52 bits per heavy atom. The molecule has 0 spiro atoms. The van der Waals surface area contributed by atoms with E-state index in [1.54, 1.807) is 11.3 Å². The van der Waals surface area contributed by atoms with Crippen molar-refractivity contribution in [1.82, 2.24) is 0 Å². The molecule has 0 radical (unpaired) electrons. The van der Waals surface area contributed by atoms with Gasteiger partial charge < -0.3 is 0 Å². The fraction of sp³-hybridized carbons (Fsp3) is 0.182. The number of aryl methyl sites for hydroxylation is 2. The molecular formula is C22H21NOS. The second-order valence-electron chi connectivity index (χ2n) is 5.99. The van der Waals surface area contributed by atoms with Gasteiger partial charge in [0.15, 0.2) is 5.78 Å². The summed E-state index contributed by atoms with van der Waals surface area (Å²) >= 11 is 1.70. The highest BCUT2D eigenvalue weighted by Crippen LogP contribution is 2.22. The summed E-state index contributed by atoms with van der Waals surface area (Å²) in [5, 5.41) is 0. The summed E-state index contributed by atoms with van der Waals surface area (Å²) in [7, 11) is 0. The smallest absolute Gasteiger partial charge is 0.165 e. The molecule has 0 fully saturated rings. The Hall–Kier alpha value is -2.52. The molecule has 126 valence electrons. The molecule has 3 aromatic rings. The summed E-state index contributed by atoms with van der Waals surface area (Å²) in [5.74, 6) is 0.158. The summed E-state index contributed by atoms with van der Waals surface area (Å²) in [6, 6.07) is 22.0. The van der Waals surface area contributed by atoms with Crippen LogP contribution in [0.4, 0.5) is 5.69 Å². The van der Waals surface area contributed by atoms with Crippen LogP contribution in [-0.4, -0.2) is 12.0 Å². The molecule has 0 saturated carbocycles. The molecule has 3 rings (SSSR count). The van der Waals surface area contributed by atoms with E-state index in [0.717, 1.165) is 23.4 Å². The van der Waals surface area contributed by atoms with Gasteiger partial charge in [0, 0.05) is 28.0 Å². The molecule has 2 nitrogen and oxygen atoms in total. The van der Waals surface area contributed by atoms with Gasteiger partial charge in [0.05, 0.1) is 5.69 Å². The SMILES string of the molecule is Cc1ccc(/C=N/c2ccccc2C(=O)CCCc2ccccc2)s1. The van der Waals surface area contributed by atoms with Crippen LogP contribution in [0.2, 0.25) is 0 Å². The maximum absolute atomic E-state index is 12.6. The van der Waals surface area contributed by atoms with Gasteiger partial charge >= 0.3 is 0 Å². The van der Waals surface area contributed by atoms with E-state index in [9.17, 15) is 4.79 Å². The molecule has 0 bridgehead atoms. The first-order chi connectivity index (χ1) is 12.2. The van der Waals surface area contributed by atoms with Crippen molar-refractivity contribution in [2.45, 2.75) is 26.2 Å². The number of nitrogens with zero attached hydrogens (tertiary/aromatic N) is 1. The number of carbonyl (C=O) groups excluding carboxylic acids is 1. The van der Waals surface area contributed by atoms with Crippen LogP contribution in [-0.2, 0) is 6.42 Å². The van der Waals surface area contributed by atoms with Gasteiger partial charge in [0.2, 0.25) is 0 Å². The molecule has 0 aliphatic heterocycles. The zero-order valence-electron chi connectivity index (χ0n) is 14.3. The minimum atomic E-state index is 0.158. The van der Waals surface area contributed by atoms with Crippen molar-refractivity contribution in [1.29, 1.82) is 0 Å². The number of thiophene rings is 1. The lowest BCUT2D eigenvalue weighted by Crippen LogP contribution is -2.00. The van der Waals surface area contributed by atoms with E-state index in [1.165, 1.54) is 10.4 Å². The Bertz CT molecular complexity index is 864. The van der Waals surface area contributed by atoms with Gasteiger partial charge in [-0.05, 0) is 49.6 Å². The molecule has 0 aliphatic rings. The molecule has 1 heterocycles. The normalized spacial score (nSPS) is 11.1. The summed E-state index contributed by atoms with van der Waals surface area (Å²) in [6.07, 6.45) is 4.16. The molecule has 1 aromatic heterocycles. The summed E-state index contributed by atoms with van der Waals surface area (Å²) in [5.41, 5.74) is 2.73. The van der Waals surface area contributed by atoms with Crippen LogP contribution < -0.4 is 0 Å². The summed E-state index contributed by atoms with van der Waals surface area (Å²) < 4.78 is 0. The van der Waals surface area contributed by atoms with Crippen LogP contribution in [0, 0.1) is 6.92 Å². The first-order valence-corrected chi connectivity index (χ1v) is 9.31. The predicted molar refractivity (Wildman–Crippen MR) is 106 cm³/mol. The Kier molecular flexibility index (Phi) is 5.91. The van der Waals surface area contributed by atoms with Crippen molar-refractivity contribution in [3.05, 3.63) is 87.6 Å². The predicted octanol–water partition coefficient (Wildman–Crippen LogP) is 6.01. The molecule has 25 heavy (non-hydrogen) atoms. The molecule has 2 aromatic carbocycles. The van der Waals surface area contributed by atoms with Crippen LogP contribution in [0.3, 0.4) is 0 Å². The van der Waals surface area contributed by atoms with E-state index in [-0.39, 0.29) is 5.78 Å². The number of para-hydroxylation sites is 1. The molecule has 0 saturated heterocycles. The monoisotopic (exact) mass is 347 g/mol. The van der Waals surface area contributed by atoms with Crippen molar-refractivity contribution in [2.75, 3.05) is 0 Å². The number of hydrogen-bond donors (Lipinski definition) is 0. The van der Waals surface area contributed by atoms with Gasteiger partial charge in [-0.3, -0.25) is 9.79 Å². The van der Waals surface area contributed by atoms with E-state index in [1.807, 2.05) is 54.7 Å². The first kappa shape index (κ1) is 17.3. The summed E-state index contributed by atoms with van der Waals surface area (Å²) in [6.45, 7) is 2.08. The largest absolute Gasteiger partial charge is 0.294 e. The van der Waals surface area contributed by atoms with Gasteiger partial charge in [-0.1, -0.05) is 42.5 Å². The van der Waals surface area contributed by atoms with Crippen LogP contribution in [0.1, 0.15) is 38.5 Å². The third kappa shape index (κ3) is 4.97. The molecule has 3 heteroatoms.